The first-order valence-corrected chi connectivity index (χ1v) is 7.35. The molecule has 7 heteroatoms. The molecule has 124 valence electrons. The number of para-hydroxylation sites is 1. The average Bonchev–Trinajstić information content (AvgIpc) is 2.59. The molecule has 0 bridgehead atoms. The number of nitro groups is 1. The SMILES string of the molecule is CC(=NNC(=O)CNc1ccccc1C)c1ccc([N+](=O)[O-])cc1. The Balaban J connectivity index is 1.90. The van der Waals surface area contributed by atoms with Gasteiger partial charge in [-0.05, 0) is 43.2 Å². The van der Waals surface area contributed by atoms with E-state index in [0.29, 0.717) is 11.3 Å². The van der Waals surface area contributed by atoms with Crippen molar-refractivity contribution in [3.05, 3.63) is 69.8 Å². The molecule has 2 aromatic rings. The minimum absolute atomic E-state index is 0.0121. The quantitative estimate of drug-likeness (QED) is 0.484. The van der Waals surface area contributed by atoms with Gasteiger partial charge < -0.3 is 5.32 Å². The van der Waals surface area contributed by atoms with Crippen LogP contribution in [0.25, 0.3) is 0 Å². The molecular formula is C17H18N4O3. The monoisotopic (exact) mass is 326 g/mol. The van der Waals surface area contributed by atoms with Crippen molar-refractivity contribution in [1.29, 1.82) is 0 Å². The second kappa shape index (κ2) is 7.87. The van der Waals surface area contributed by atoms with E-state index in [1.165, 1.54) is 12.1 Å². The summed E-state index contributed by atoms with van der Waals surface area (Å²) in [7, 11) is 0. The van der Waals surface area contributed by atoms with Gasteiger partial charge in [-0.25, -0.2) is 5.43 Å². The summed E-state index contributed by atoms with van der Waals surface area (Å²) in [5, 5.41) is 17.7. The van der Waals surface area contributed by atoms with Crippen LogP contribution in [0.15, 0.2) is 53.6 Å². The summed E-state index contributed by atoms with van der Waals surface area (Å²) in [5.74, 6) is -0.278. The Bertz CT molecular complexity index is 770. The van der Waals surface area contributed by atoms with Gasteiger partial charge >= 0.3 is 0 Å². The first-order valence-electron chi connectivity index (χ1n) is 7.35. The highest BCUT2D eigenvalue weighted by Crippen LogP contribution is 2.13. The Kier molecular flexibility index (Phi) is 5.62. The molecule has 7 nitrogen and oxygen atoms in total. The second-order valence-corrected chi connectivity index (χ2v) is 5.20. The molecule has 0 unspecified atom stereocenters. The lowest BCUT2D eigenvalue weighted by molar-refractivity contribution is -0.384. The van der Waals surface area contributed by atoms with E-state index in [9.17, 15) is 14.9 Å². The van der Waals surface area contributed by atoms with Crippen LogP contribution in [-0.2, 0) is 4.79 Å². The molecule has 0 aromatic heterocycles. The number of rotatable bonds is 6. The van der Waals surface area contributed by atoms with E-state index in [0.717, 1.165) is 11.3 Å². The van der Waals surface area contributed by atoms with Gasteiger partial charge in [0.05, 0.1) is 17.2 Å². The molecule has 0 saturated carbocycles. The number of nitro benzene ring substituents is 1. The third kappa shape index (κ3) is 4.64. The van der Waals surface area contributed by atoms with Gasteiger partial charge in [-0.15, -0.1) is 0 Å². The number of benzene rings is 2. The summed E-state index contributed by atoms with van der Waals surface area (Å²) in [6.07, 6.45) is 0. The number of carbonyl (C=O) groups excluding carboxylic acids is 1. The van der Waals surface area contributed by atoms with Crippen molar-refractivity contribution in [3.8, 4) is 0 Å². The van der Waals surface area contributed by atoms with E-state index in [1.54, 1.807) is 19.1 Å². The number of hydrogen-bond donors (Lipinski definition) is 2. The Hall–Kier alpha value is -3.22. The van der Waals surface area contributed by atoms with Crippen LogP contribution in [0.2, 0.25) is 0 Å². The van der Waals surface area contributed by atoms with Gasteiger partial charge in [0.15, 0.2) is 0 Å². The van der Waals surface area contributed by atoms with E-state index in [-0.39, 0.29) is 18.1 Å². The number of aryl methyl sites for hydroxylation is 1. The maximum absolute atomic E-state index is 11.8. The number of nitrogens with one attached hydrogen (secondary N) is 2. The number of amides is 1. The molecule has 0 aliphatic rings. The molecule has 2 N–H and O–H groups in total. The van der Waals surface area contributed by atoms with Gasteiger partial charge in [-0.3, -0.25) is 14.9 Å². The van der Waals surface area contributed by atoms with Crippen molar-refractivity contribution in [2.45, 2.75) is 13.8 Å². The van der Waals surface area contributed by atoms with E-state index in [2.05, 4.69) is 15.8 Å². The van der Waals surface area contributed by atoms with E-state index in [4.69, 9.17) is 0 Å². The van der Waals surface area contributed by atoms with Gasteiger partial charge in [0.1, 0.15) is 0 Å². The number of nitrogens with zero attached hydrogens (tertiary/aromatic N) is 2. The van der Waals surface area contributed by atoms with Crippen molar-refractivity contribution >= 4 is 23.0 Å². The average molecular weight is 326 g/mol. The molecule has 2 rings (SSSR count). The minimum Gasteiger partial charge on any atom is -0.376 e. The zero-order chi connectivity index (χ0) is 17.5. The molecule has 0 radical (unpaired) electrons. The normalized spacial score (nSPS) is 11.0. The Labute approximate surface area is 139 Å². The van der Waals surface area contributed by atoms with Crippen LogP contribution in [0.1, 0.15) is 18.1 Å². The maximum Gasteiger partial charge on any atom is 0.269 e. The summed E-state index contributed by atoms with van der Waals surface area (Å²) < 4.78 is 0. The third-order valence-electron chi connectivity index (χ3n) is 3.43. The summed E-state index contributed by atoms with van der Waals surface area (Å²) in [4.78, 5) is 22.0. The number of non-ortho nitro benzene ring substituents is 1. The highest BCUT2D eigenvalue weighted by Gasteiger charge is 2.06. The van der Waals surface area contributed by atoms with Crippen LogP contribution >= 0.6 is 0 Å². The molecule has 24 heavy (non-hydrogen) atoms. The van der Waals surface area contributed by atoms with Crippen LogP contribution < -0.4 is 10.7 Å². The molecule has 2 aromatic carbocycles. The first-order chi connectivity index (χ1) is 11.5. The van der Waals surface area contributed by atoms with Crippen LogP contribution in [0.4, 0.5) is 11.4 Å². The molecule has 0 saturated heterocycles. The summed E-state index contributed by atoms with van der Waals surface area (Å²) in [5.41, 5.74) is 5.68. The Morgan fingerprint density at radius 2 is 1.83 bits per heavy atom. The fraction of sp³-hybridized carbons (Fsp3) is 0.176. The van der Waals surface area contributed by atoms with Crippen LogP contribution in [0, 0.1) is 17.0 Å². The predicted octanol–water partition coefficient (Wildman–Crippen LogP) is 2.86. The molecule has 0 aliphatic heterocycles. The van der Waals surface area contributed by atoms with Crippen LogP contribution in [0.5, 0.6) is 0 Å². The summed E-state index contributed by atoms with van der Waals surface area (Å²) >= 11 is 0. The minimum atomic E-state index is -0.463. The van der Waals surface area contributed by atoms with Crippen molar-refractivity contribution in [3.63, 3.8) is 0 Å². The molecule has 0 spiro atoms. The zero-order valence-electron chi connectivity index (χ0n) is 13.4. The number of anilines is 1. The predicted molar refractivity (Wildman–Crippen MR) is 93.1 cm³/mol. The lowest BCUT2D eigenvalue weighted by Crippen LogP contribution is -2.27. The standard InChI is InChI=1S/C17H18N4O3/c1-12-5-3-4-6-16(12)18-11-17(22)20-19-13(2)14-7-9-15(10-8-14)21(23)24/h3-10,18H,11H2,1-2H3,(H,20,22). The zero-order valence-corrected chi connectivity index (χ0v) is 13.4. The van der Waals surface area contributed by atoms with E-state index < -0.39 is 4.92 Å². The van der Waals surface area contributed by atoms with Crippen molar-refractivity contribution in [1.82, 2.24) is 5.43 Å². The topological polar surface area (TPSA) is 96.6 Å². The van der Waals surface area contributed by atoms with E-state index >= 15 is 0 Å². The van der Waals surface area contributed by atoms with Crippen LogP contribution in [-0.4, -0.2) is 23.1 Å². The molecular weight excluding hydrogens is 308 g/mol. The van der Waals surface area contributed by atoms with Crippen molar-refractivity contribution in [2.75, 3.05) is 11.9 Å². The number of carbonyl (C=O) groups is 1. The Morgan fingerprint density at radius 3 is 2.46 bits per heavy atom. The first kappa shape index (κ1) is 17.1. The molecule has 0 fully saturated rings. The molecule has 1 amide bonds. The second-order valence-electron chi connectivity index (χ2n) is 5.20. The van der Waals surface area contributed by atoms with Crippen molar-refractivity contribution < 1.29 is 9.72 Å². The highest BCUT2D eigenvalue weighted by molar-refractivity contribution is 5.99. The largest absolute Gasteiger partial charge is 0.376 e. The molecule has 0 aliphatic carbocycles. The maximum atomic E-state index is 11.8. The number of hydrazone groups is 1. The van der Waals surface area contributed by atoms with Gasteiger partial charge in [-0.2, -0.15) is 5.10 Å². The highest BCUT2D eigenvalue weighted by atomic mass is 16.6. The Morgan fingerprint density at radius 1 is 1.17 bits per heavy atom. The van der Waals surface area contributed by atoms with Gasteiger partial charge in [-0.1, -0.05) is 18.2 Å². The van der Waals surface area contributed by atoms with E-state index in [1.807, 2.05) is 31.2 Å². The van der Waals surface area contributed by atoms with Gasteiger partial charge in [0.2, 0.25) is 0 Å². The van der Waals surface area contributed by atoms with Crippen molar-refractivity contribution in [2.24, 2.45) is 5.10 Å². The number of hydrogen-bond acceptors (Lipinski definition) is 5. The third-order valence-corrected chi connectivity index (χ3v) is 3.43. The lowest BCUT2D eigenvalue weighted by atomic mass is 10.1. The molecule has 0 heterocycles. The fourth-order valence-electron chi connectivity index (χ4n) is 2.02. The van der Waals surface area contributed by atoms with Gasteiger partial charge in [0.25, 0.3) is 11.6 Å². The summed E-state index contributed by atoms with van der Waals surface area (Å²) in [6.45, 7) is 3.77. The van der Waals surface area contributed by atoms with Gasteiger partial charge in [0, 0.05) is 17.8 Å². The lowest BCUT2D eigenvalue weighted by Gasteiger charge is -2.08. The smallest absolute Gasteiger partial charge is 0.269 e. The molecule has 0 atom stereocenters. The fourth-order valence-corrected chi connectivity index (χ4v) is 2.02. The summed E-state index contributed by atoms with van der Waals surface area (Å²) in [6, 6.07) is 13.7. The van der Waals surface area contributed by atoms with Crippen LogP contribution in [0.3, 0.4) is 0 Å².